The molecule has 0 saturated carbocycles. The van der Waals surface area contributed by atoms with E-state index in [1.807, 2.05) is 0 Å². The van der Waals surface area contributed by atoms with Gasteiger partial charge in [-0.25, -0.2) is 4.79 Å². The van der Waals surface area contributed by atoms with Gasteiger partial charge in [0.25, 0.3) is 0 Å². The lowest BCUT2D eigenvalue weighted by Gasteiger charge is -2.24. The van der Waals surface area contributed by atoms with Crippen LogP contribution in [0.3, 0.4) is 0 Å². The zero-order chi connectivity index (χ0) is 16.3. The van der Waals surface area contributed by atoms with E-state index in [2.05, 4.69) is 0 Å². The Kier molecular flexibility index (Phi) is 5.28. The van der Waals surface area contributed by atoms with Crippen LogP contribution < -0.4 is 0 Å². The second-order valence-corrected chi connectivity index (χ2v) is 6.73. The third-order valence-electron chi connectivity index (χ3n) is 3.84. The molecule has 1 fully saturated rings. The minimum absolute atomic E-state index is 0.0311. The summed E-state index contributed by atoms with van der Waals surface area (Å²) in [5.74, 6) is -1.26. The van der Waals surface area contributed by atoms with Gasteiger partial charge in [0, 0.05) is 31.1 Å². The van der Waals surface area contributed by atoms with Gasteiger partial charge in [-0.05, 0) is 18.1 Å². The second kappa shape index (κ2) is 7.00. The summed E-state index contributed by atoms with van der Waals surface area (Å²) in [6.07, 6.45) is 3.52. The van der Waals surface area contributed by atoms with Crippen molar-refractivity contribution in [3.8, 4) is 0 Å². The Hall–Kier alpha value is -1.76. The molecule has 6 nitrogen and oxygen atoms in total. The summed E-state index contributed by atoms with van der Waals surface area (Å²) < 4.78 is 5.04. The van der Waals surface area contributed by atoms with E-state index in [1.165, 1.54) is 11.8 Å². The number of likely N-dealkylation sites (tertiary alicyclic amines) is 1. The summed E-state index contributed by atoms with van der Waals surface area (Å²) in [4.78, 5) is 36.4. The average Bonchev–Trinajstić information content (AvgIpc) is 3.11. The first-order chi connectivity index (χ1) is 10.4. The molecule has 3 atom stereocenters. The Bertz CT molecular complexity index is 556. The largest absolute Gasteiger partial charge is 0.480 e. The molecular weight excluding hydrogens is 306 g/mol. The lowest BCUT2D eigenvalue weighted by Crippen LogP contribution is -2.43. The first-order valence-electron chi connectivity index (χ1n) is 7.09. The molecule has 2 rings (SSSR count). The van der Waals surface area contributed by atoms with Crippen LogP contribution in [0.15, 0.2) is 23.0 Å². The Balaban J connectivity index is 2.08. The highest BCUT2D eigenvalue weighted by Crippen LogP contribution is 2.33. The molecule has 0 aromatic carbocycles. The van der Waals surface area contributed by atoms with E-state index in [9.17, 15) is 19.5 Å². The molecule has 1 aromatic heterocycles. The van der Waals surface area contributed by atoms with Crippen LogP contribution in [-0.2, 0) is 14.4 Å². The van der Waals surface area contributed by atoms with Gasteiger partial charge in [-0.2, -0.15) is 0 Å². The minimum atomic E-state index is -0.995. The number of amides is 1. The number of carbonyl (C=O) groups is 3. The van der Waals surface area contributed by atoms with E-state index in [0.29, 0.717) is 18.7 Å². The van der Waals surface area contributed by atoms with Gasteiger partial charge in [0.05, 0.1) is 12.5 Å². The van der Waals surface area contributed by atoms with Crippen LogP contribution in [0.1, 0.15) is 31.7 Å². The molecule has 0 spiro atoms. The normalized spacial score (nSPS) is 22.5. The third-order valence-corrected chi connectivity index (χ3v) is 4.92. The summed E-state index contributed by atoms with van der Waals surface area (Å²) in [6.45, 7) is 3.54. The van der Waals surface area contributed by atoms with E-state index in [0.717, 1.165) is 17.3 Å². The smallest absolute Gasteiger partial charge is 0.326 e. The highest BCUT2D eigenvalue weighted by atomic mass is 32.2. The zero-order valence-corrected chi connectivity index (χ0v) is 13.3. The number of nitrogens with zero attached hydrogens (tertiary/aromatic N) is 1. The van der Waals surface area contributed by atoms with Crippen LogP contribution in [0.5, 0.6) is 0 Å². The van der Waals surface area contributed by atoms with Gasteiger partial charge in [0.1, 0.15) is 6.04 Å². The maximum atomic E-state index is 12.5. The highest BCUT2D eigenvalue weighted by molar-refractivity contribution is 8.13. The number of carboxylic acid groups (broad SMARTS) is 1. The topological polar surface area (TPSA) is 87.8 Å². The predicted octanol–water partition coefficient (Wildman–Crippen LogP) is 1.96. The van der Waals surface area contributed by atoms with Crippen molar-refractivity contribution in [2.45, 2.75) is 32.2 Å². The Labute approximate surface area is 132 Å². The number of hydrogen-bond donors (Lipinski definition) is 1. The summed E-state index contributed by atoms with van der Waals surface area (Å²) in [5, 5.41) is 9.32. The number of furan rings is 1. The SMILES string of the molecule is CC(=O)SCC(C)C(=O)N1CC(c2ccoc2)C[C@H]1C(=O)O. The van der Waals surface area contributed by atoms with Gasteiger partial charge < -0.3 is 14.4 Å². The molecule has 1 N–H and O–H groups in total. The van der Waals surface area contributed by atoms with Crippen LogP contribution in [-0.4, -0.2) is 45.3 Å². The number of rotatable bonds is 5. The maximum absolute atomic E-state index is 12.5. The summed E-state index contributed by atoms with van der Waals surface area (Å²) >= 11 is 1.09. The average molecular weight is 325 g/mol. The van der Waals surface area contributed by atoms with Gasteiger partial charge in [0.15, 0.2) is 5.12 Å². The maximum Gasteiger partial charge on any atom is 0.326 e. The first-order valence-corrected chi connectivity index (χ1v) is 8.07. The molecule has 22 heavy (non-hydrogen) atoms. The summed E-state index contributed by atoms with van der Waals surface area (Å²) in [6, 6.07) is 0.976. The molecule has 2 unspecified atom stereocenters. The third kappa shape index (κ3) is 3.71. The number of thioether (sulfide) groups is 1. The van der Waals surface area contributed by atoms with Gasteiger partial charge >= 0.3 is 5.97 Å². The molecule has 1 aliphatic heterocycles. The molecular formula is C15H19NO5S. The van der Waals surface area contributed by atoms with Crippen molar-refractivity contribution in [2.75, 3.05) is 12.3 Å². The van der Waals surface area contributed by atoms with Gasteiger partial charge in [-0.1, -0.05) is 18.7 Å². The summed E-state index contributed by atoms with van der Waals surface area (Å²) in [5.41, 5.74) is 0.910. The zero-order valence-electron chi connectivity index (χ0n) is 12.5. The monoisotopic (exact) mass is 325 g/mol. The van der Waals surface area contributed by atoms with Gasteiger partial charge in [-0.3, -0.25) is 9.59 Å². The molecule has 1 aliphatic rings. The number of carbonyl (C=O) groups excluding carboxylic acids is 2. The van der Waals surface area contributed by atoms with Crippen LogP contribution in [0.4, 0.5) is 0 Å². The highest BCUT2D eigenvalue weighted by Gasteiger charge is 2.41. The molecule has 1 amide bonds. The molecule has 1 saturated heterocycles. The van der Waals surface area contributed by atoms with Gasteiger partial charge in [0.2, 0.25) is 5.91 Å². The van der Waals surface area contributed by atoms with Crippen molar-refractivity contribution in [3.63, 3.8) is 0 Å². The Morgan fingerprint density at radius 2 is 2.23 bits per heavy atom. The standard InChI is InChI=1S/C15H19NO5S/c1-9(8-22-10(2)17)14(18)16-6-12(5-13(16)15(19)20)11-3-4-21-7-11/h3-4,7,9,12-13H,5-6,8H2,1-2H3,(H,19,20)/t9?,12?,13-/m0/s1. The Morgan fingerprint density at radius 3 is 2.77 bits per heavy atom. The van der Waals surface area contributed by atoms with Crippen molar-refractivity contribution in [2.24, 2.45) is 5.92 Å². The van der Waals surface area contributed by atoms with E-state index in [1.54, 1.807) is 25.5 Å². The molecule has 0 radical (unpaired) electrons. The van der Waals surface area contributed by atoms with E-state index < -0.39 is 12.0 Å². The van der Waals surface area contributed by atoms with Crippen molar-refractivity contribution in [3.05, 3.63) is 24.2 Å². The molecule has 2 heterocycles. The first kappa shape index (κ1) is 16.6. The molecule has 7 heteroatoms. The number of carboxylic acids is 1. The van der Waals surface area contributed by atoms with E-state index >= 15 is 0 Å². The van der Waals surface area contributed by atoms with E-state index in [4.69, 9.17) is 4.42 Å². The van der Waals surface area contributed by atoms with Crippen molar-refractivity contribution >= 4 is 28.8 Å². The quantitative estimate of drug-likeness (QED) is 0.890. The van der Waals surface area contributed by atoms with Crippen molar-refractivity contribution in [1.82, 2.24) is 4.90 Å². The van der Waals surface area contributed by atoms with Crippen molar-refractivity contribution < 1.29 is 23.9 Å². The van der Waals surface area contributed by atoms with Crippen LogP contribution in [0, 0.1) is 5.92 Å². The molecule has 1 aromatic rings. The fraction of sp³-hybridized carbons (Fsp3) is 0.533. The lowest BCUT2D eigenvalue weighted by molar-refractivity contribution is -0.149. The number of hydrogen-bond acceptors (Lipinski definition) is 5. The van der Waals surface area contributed by atoms with Crippen LogP contribution >= 0.6 is 11.8 Å². The van der Waals surface area contributed by atoms with E-state index in [-0.39, 0.29) is 22.9 Å². The van der Waals surface area contributed by atoms with Crippen LogP contribution in [0.25, 0.3) is 0 Å². The molecule has 0 aliphatic carbocycles. The predicted molar refractivity (Wildman–Crippen MR) is 81.5 cm³/mol. The second-order valence-electron chi connectivity index (χ2n) is 5.54. The minimum Gasteiger partial charge on any atom is -0.480 e. The fourth-order valence-corrected chi connectivity index (χ4v) is 3.29. The lowest BCUT2D eigenvalue weighted by atomic mass is 9.99. The van der Waals surface area contributed by atoms with Gasteiger partial charge in [-0.15, -0.1) is 0 Å². The van der Waals surface area contributed by atoms with Crippen molar-refractivity contribution in [1.29, 1.82) is 0 Å². The number of aliphatic carboxylic acids is 1. The molecule has 0 bridgehead atoms. The molecule has 120 valence electrons. The Morgan fingerprint density at radius 1 is 1.50 bits per heavy atom. The van der Waals surface area contributed by atoms with Crippen LogP contribution in [0.2, 0.25) is 0 Å². The summed E-state index contributed by atoms with van der Waals surface area (Å²) in [7, 11) is 0. The fourth-order valence-electron chi connectivity index (χ4n) is 2.66.